The first-order chi connectivity index (χ1) is 10.5. The number of hydrogen-bond donors (Lipinski definition) is 2. The van der Waals surface area contributed by atoms with Crippen molar-refractivity contribution in [2.24, 2.45) is 7.05 Å². The molecular formula is C12H18N6O3S. The van der Waals surface area contributed by atoms with Crippen molar-refractivity contribution >= 4 is 16.0 Å². The van der Waals surface area contributed by atoms with Crippen LogP contribution in [0.3, 0.4) is 0 Å². The Bertz CT molecular complexity index is 743. The molecule has 2 rings (SSSR count). The van der Waals surface area contributed by atoms with Crippen molar-refractivity contribution in [3.8, 4) is 17.1 Å². The Kier molecular flexibility index (Phi) is 4.93. The number of nitrogens with zero attached hydrogens (tertiary/aromatic N) is 4. The highest BCUT2D eigenvalue weighted by Gasteiger charge is 2.14. The summed E-state index contributed by atoms with van der Waals surface area (Å²) in [6.45, 7) is 0.195. The molecule has 2 N–H and O–H groups in total. The van der Waals surface area contributed by atoms with Gasteiger partial charge in [-0.15, -0.1) is 0 Å². The number of rotatable bonds is 7. The van der Waals surface area contributed by atoms with Crippen molar-refractivity contribution in [3.63, 3.8) is 0 Å². The Hall–Kier alpha value is -2.20. The van der Waals surface area contributed by atoms with Crippen molar-refractivity contribution in [2.45, 2.75) is 0 Å². The summed E-state index contributed by atoms with van der Waals surface area (Å²) in [5.41, 5.74) is 1.35. The van der Waals surface area contributed by atoms with Gasteiger partial charge >= 0.3 is 0 Å². The van der Waals surface area contributed by atoms with Crippen LogP contribution < -0.4 is 14.8 Å². The molecule has 0 aliphatic carbocycles. The Morgan fingerprint density at radius 3 is 2.77 bits per heavy atom. The van der Waals surface area contributed by atoms with Gasteiger partial charge in [0.1, 0.15) is 5.69 Å². The lowest BCUT2D eigenvalue weighted by Crippen LogP contribution is -2.26. The molecule has 9 nitrogen and oxygen atoms in total. The quantitative estimate of drug-likeness (QED) is 0.727. The zero-order valence-corrected chi connectivity index (χ0v) is 13.4. The zero-order chi connectivity index (χ0) is 16.2. The number of sulfonamides is 1. The second-order valence-corrected chi connectivity index (χ2v) is 6.45. The molecule has 2 aromatic rings. The average Bonchev–Trinajstić information content (AvgIpc) is 2.93. The third-order valence-corrected chi connectivity index (χ3v) is 4.37. The van der Waals surface area contributed by atoms with E-state index in [9.17, 15) is 8.42 Å². The molecule has 22 heavy (non-hydrogen) atoms. The van der Waals surface area contributed by atoms with Crippen LogP contribution >= 0.6 is 0 Å². The first kappa shape index (κ1) is 16.2. The molecule has 0 saturated carbocycles. The molecule has 2 heterocycles. The summed E-state index contributed by atoms with van der Waals surface area (Å²) < 4.78 is 31.9. The van der Waals surface area contributed by atoms with Crippen LogP contribution in [0.25, 0.3) is 11.4 Å². The van der Waals surface area contributed by atoms with Crippen molar-refractivity contribution in [3.05, 3.63) is 18.5 Å². The maximum Gasteiger partial charge on any atom is 0.223 e. The summed E-state index contributed by atoms with van der Waals surface area (Å²) in [5.74, 6) is 0.764. The fourth-order valence-electron chi connectivity index (χ4n) is 1.79. The second kappa shape index (κ2) is 6.71. The summed E-state index contributed by atoms with van der Waals surface area (Å²) in [7, 11) is 1.43. The molecule has 0 aliphatic heterocycles. The van der Waals surface area contributed by atoms with Gasteiger partial charge in [-0.3, -0.25) is 4.68 Å². The molecule has 120 valence electrons. The summed E-state index contributed by atoms with van der Waals surface area (Å²) in [6.07, 6.45) is 3.19. The molecule has 0 unspecified atom stereocenters. The summed E-state index contributed by atoms with van der Waals surface area (Å²) >= 11 is 0. The van der Waals surface area contributed by atoms with Crippen LogP contribution in [0.15, 0.2) is 18.5 Å². The van der Waals surface area contributed by atoms with Crippen LogP contribution in [0.4, 0.5) is 5.95 Å². The molecule has 10 heteroatoms. The monoisotopic (exact) mass is 326 g/mol. The van der Waals surface area contributed by atoms with Gasteiger partial charge in [0.25, 0.3) is 0 Å². The molecule has 2 aromatic heterocycles. The first-order valence-corrected chi connectivity index (χ1v) is 8.16. The number of aryl methyl sites for hydroxylation is 1. The molecule has 0 aromatic carbocycles. The van der Waals surface area contributed by atoms with E-state index in [0.717, 1.165) is 5.69 Å². The zero-order valence-electron chi connectivity index (χ0n) is 12.6. The predicted octanol–water partition coefficient (Wildman–Crippen LogP) is -0.153. The van der Waals surface area contributed by atoms with E-state index >= 15 is 0 Å². The largest absolute Gasteiger partial charge is 0.493 e. The number of aromatic nitrogens is 4. The molecule has 0 saturated heterocycles. The van der Waals surface area contributed by atoms with Gasteiger partial charge in [-0.05, 0) is 13.1 Å². The van der Waals surface area contributed by atoms with Gasteiger partial charge in [-0.1, -0.05) is 0 Å². The Balaban J connectivity index is 2.19. The van der Waals surface area contributed by atoms with E-state index in [1.54, 1.807) is 24.0 Å². The summed E-state index contributed by atoms with van der Waals surface area (Å²) in [4.78, 5) is 8.47. The standard InChI is InChI=1S/C12H18N6O3S/c1-13-22(19,20)7-6-14-12-15-8-10(21-3)11(17-12)9-4-5-16-18(9)2/h4-5,8,13H,6-7H2,1-3H3,(H,14,15,17). The number of hydrogen-bond acceptors (Lipinski definition) is 7. The minimum absolute atomic E-state index is 0.0695. The predicted molar refractivity (Wildman–Crippen MR) is 82.1 cm³/mol. The van der Waals surface area contributed by atoms with E-state index < -0.39 is 10.0 Å². The molecular weight excluding hydrogens is 308 g/mol. The third kappa shape index (κ3) is 3.71. The van der Waals surface area contributed by atoms with E-state index in [4.69, 9.17) is 4.74 Å². The Morgan fingerprint density at radius 2 is 2.18 bits per heavy atom. The maximum atomic E-state index is 11.4. The van der Waals surface area contributed by atoms with E-state index in [2.05, 4.69) is 25.1 Å². The highest BCUT2D eigenvalue weighted by molar-refractivity contribution is 7.89. The van der Waals surface area contributed by atoms with E-state index in [1.165, 1.54) is 20.4 Å². The lowest BCUT2D eigenvalue weighted by atomic mass is 10.3. The minimum Gasteiger partial charge on any atom is -0.493 e. The van der Waals surface area contributed by atoms with Crippen LogP contribution in [0, 0.1) is 0 Å². The van der Waals surface area contributed by atoms with Crippen LogP contribution in [0.1, 0.15) is 0 Å². The molecule has 0 aliphatic rings. The Labute approximate surface area is 128 Å². The second-order valence-electron chi connectivity index (χ2n) is 4.40. The number of nitrogens with one attached hydrogen (secondary N) is 2. The molecule has 0 amide bonds. The summed E-state index contributed by atoms with van der Waals surface area (Å²) in [5, 5.41) is 6.98. The van der Waals surface area contributed by atoms with Crippen molar-refractivity contribution in [2.75, 3.05) is 31.8 Å². The summed E-state index contributed by atoms with van der Waals surface area (Å²) in [6, 6.07) is 1.81. The van der Waals surface area contributed by atoms with Gasteiger partial charge in [0.15, 0.2) is 5.75 Å². The van der Waals surface area contributed by atoms with E-state index in [-0.39, 0.29) is 12.3 Å². The van der Waals surface area contributed by atoms with E-state index in [1.807, 2.05) is 0 Å². The third-order valence-electron chi connectivity index (χ3n) is 3.00. The lowest BCUT2D eigenvalue weighted by molar-refractivity contribution is 0.412. The highest BCUT2D eigenvalue weighted by Crippen LogP contribution is 2.27. The van der Waals surface area contributed by atoms with Crippen molar-refractivity contribution in [1.82, 2.24) is 24.5 Å². The normalized spacial score (nSPS) is 11.4. The van der Waals surface area contributed by atoms with Crippen LogP contribution in [0.2, 0.25) is 0 Å². The fraction of sp³-hybridized carbons (Fsp3) is 0.417. The minimum atomic E-state index is -3.27. The molecule has 0 radical (unpaired) electrons. The van der Waals surface area contributed by atoms with Crippen LogP contribution in [0.5, 0.6) is 5.75 Å². The SMILES string of the molecule is CNS(=O)(=O)CCNc1ncc(OC)c(-c2ccnn2C)n1. The topological polar surface area (TPSA) is 111 Å². The van der Waals surface area contributed by atoms with Gasteiger partial charge in [0.05, 0.1) is 24.8 Å². The molecule has 0 bridgehead atoms. The van der Waals surface area contributed by atoms with Crippen molar-refractivity contribution < 1.29 is 13.2 Å². The molecule has 0 atom stereocenters. The molecule has 0 spiro atoms. The van der Waals surface area contributed by atoms with Gasteiger partial charge in [-0.25, -0.2) is 23.1 Å². The number of methoxy groups -OCH3 is 1. The number of ether oxygens (including phenoxy) is 1. The van der Waals surface area contributed by atoms with Crippen LogP contribution in [-0.4, -0.2) is 54.6 Å². The van der Waals surface area contributed by atoms with Crippen LogP contribution in [-0.2, 0) is 17.1 Å². The number of anilines is 1. The molecule has 0 fully saturated rings. The fourth-order valence-corrected chi connectivity index (χ4v) is 2.37. The highest BCUT2D eigenvalue weighted by atomic mass is 32.2. The smallest absolute Gasteiger partial charge is 0.223 e. The van der Waals surface area contributed by atoms with Gasteiger partial charge < -0.3 is 10.1 Å². The van der Waals surface area contributed by atoms with Gasteiger partial charge in [-0.2, -0.15) is 5.10 Å². The average molecular weight is 326 g/mol. The van der Waals surface area contributed by atoms with Crippen molar-refractivity contribution in [1.29, 1.82) is 0 Å². The first-order valence-electron chi connectivity index (χ1n) is 6.51. The van der Waals surface area contributed by atoms with E-state index in [0.29, 0.717) is 17.4 Å². The Morgan fingerprint density at radius 1 is 1.41 bits per heavy atom. The van der Waals surface area contributed by atoms with Gasteiger partial charge in [0, 0.05) is 19.8 Å². The maximum absolute atomic E-state index is 11.4. The van der Waals surface area contributed by atoms with Gasteiger partial charge in [0.2, 0.25) is 16.0 Å². The lowest BCUT2D eigenvalue weighted by Gasteiger charge is -2.10.